The second kappa shape index (κ2) is 17.9. The van der Waals surface area contributed by atoms with Crippen molar-refractivity contribution in [3.8, 4) is 11.1 Å². The van der Waals surface area contributed by atoms with E-state index in [0.717, 1.165) is 87.4 Å². The van der Waals surface area contributed by atoms with Crippen molar-refractivity contribution in [2.45, 2.75) is 95.8 Å². The summed E-state index contributed by atoms with van der Waals surface area (Å²) in [5.74, 6) is -3.14. The van der Waals surface area contributed by atoms with Gasteiger partial charge in [-0.1, -0.05) is 24.3 Å². The molecule has 0 bridgehead atoms. The van der Waals surface area contributed by atoms with Gasteiger partial charge in [0.1, 0.15) is 17.5 Å². The third kappa shape index (κ3) is 8.61. The van der Waals surface area contributed by atoms with Gasteiger partial charge in [-0.25, -0.2) is 13.8 Å². The number of rotatable bonds is 11. The lowest BCUT2D eigenvalue weighted by molar-refractivity contribution is -0.136. The maximum absolute atomic E-state index is 16.0. The number of benzene rings is 3. The van der Waals surface area contributed by atoms with E-state index in [4.69, 9.17) is 0 Å². The van der Waals surface area contributed by atoms with E-state index in [1.807, 2.05) is 18.2 Å². The fraction of sp³-hybridized carbons (Fsp3) is 0.420. The number of ketones is 1. The molecule has 0 spiro atoms. The molecule has 4 saturated heterocycles. The Morgan fingerprint density at radius 2 is 1.58 bits per heavy atom. The molecule has 5 aromatic rings. The van der Waals surface area contributed by atoms with Gasteiger partial charge in [0.05, 0.1) is 11.3 Å². The molecule has 350 valence electrons. The van der Waals surface area contributed by atoms with Crippen LogP contribution in [-0.4, -0.2) is 107 Å². The largest absolute Gasteiger partial charge is 0.372 e. The number of nitrogens with one attached hydrogen (secondary N) is 3. The number of fused-ring (bicyclic) bond motifs is 2. The molecule has 3 N–H and O–H groups in total. The van der Waals surface area contributed by atoms with Crippen LogP contribution in [0.25, 0.3) is 22.2 Å². The highest BCUT2D eigenvalue weighted by atomic mass is 32.2. The lowest BCUT2D eigenvalue weighted by Gasteiger charge is -2.38. The van der Waals surface area contributed by atoms with E-state index >= 15 is 8.78 Å². The summed E-state index contributed by atoms with van der Waals surface area (Å²) in [5, 5.41) is 2.75. The van der Waals surface area contributed by atoms with Crippen LogP contribution in [0.5, 0.6) is 0 Å². The zero-order valence-electron chi connectivity index (χ0n) is 37.6. The summed E-state index contributed by atoms with van der Waals surface area (Å²) < 4.78 is 61.3. The van der Waals surface area contributed by atoms with Gasteiger partial charge in [0.2, 0.25) is 17.6 Å². The van der Waals surface area contributed by atoms with E-state index in [9.17, 15) is 27.6 Å². The molecule has 0 saturated carbocycles. The van der Waals surface area contributed by atoms with Crippen LogP contribution >= 0.6 is 0 Å². The molecule has 67 heavy (non-hydrogen) atoms. The molecular formula is C50H54F2N8O6S. The first-order valence-corrected chi connectivity index (χ1v) is 24.8. The minimum Gasteiger partial charge on any atom is -0.372 e. The average Bonchev–Trinajstić information content (AvgIpc) is 4.01. The Bertz CT molecular complexity index is 2880. The van der Waals surface area contributed by atoms with Crippen LogP contribution in [0.2, 0.25) is 0 Å². The number of hydrogen-bond donors (Lipinski definition) is 3. The number of H-pyrrole nitrogens is 1. The molecule has 10 rings (SSSR count). The van der Waals surface area contributed by atoms with Crippen LogP contribution in [-0.2, 0) is 26.3 Å². The van der Waals surface area contributed by atoms with Crippen LogP contribution in [0.15, 0.2) is 73.1 Å². The minimum absolute atomic E-state index is 0.00668. The number of likely N-dealkylation sites (tertiary alicyclic amines) is 1. The maximum Gasteiger partial charge on any atom is 0.302 e. The number of carbonyl (C=O) groups excluding carboxylic acids is 4. The van der Waals surface area contributed by atoms with Crippen molar-refractivity contribution < 1.29 is 36.4 Å². The second-order valence-corrected chi connectivity index (χ2v) is 20.6. The maximum atomic E-state index is 16.0. The van der Waals surface area contributed by atoms with Crippen LogP contribution in [0, 0.1) is 17.6 Å². The molecule has 3 atom stereocenters. The monoisotopic (exact) mass is 932 g/mol. The summed E-state index contributed by atoms with van der Waals surface area (Å²) >= 11 is 0. The van der Waals surface area contributed by atoms with Crippen molar-refractivity contribution in [3.05, 3.63) is 113 Å². The van der Waals surface area contributed by atoms with Gasteiger partial charge >= 0.3 is 10.2 Å². The quantitative estimate of drug-likeness (QED) is 0.0923. The molecule has 7 heterocycles. The van der Waals surface area contributed by atoms with Gasteiger partial charge in [0.15, 0.2) is 5.82 Å². The van der Waals surface area contributed by atoms with E-state index in [-0.39, 0.29) is 35.9 Å². The van der Waals surface area contributed by atoms with Crippen molar-refractivity contribution in [1.82, 2.24) is 29.4 Å². The molecular weight excluding hydrogens is 879 g/mol. The Balaban J connectivity index is 0.733. The molecule has 4 fully saturated rings. The predicted octanol–water partition coefficient (Wildman–Crippen LogP) is 7.13. The SMILES string of the molecule is C[C@H]1CC[C@H](C)N1S(=O)(=O)Nc1ccc(F)c(C(=O)c2c[nH]c3ncc(-c4ccc(N5CCC(CN6CCC(c7ccc8c(c7)CN(C7CCC(=O)NC7=O)C8=O)CC6)CC5)cc4)cc23)c1F. The Labute approximate surface area is 388 Å². The Morgan fingerprint density at radius 3 is 2.30 bits per heavy atom. The number of halogens is 2. The number of pyridine rings is 1. The average molecular weight is 933 g/mol. The number of carbonyl (C=O) groups is 4. The summed E-state index contributed by atoms with van der Waals surface area (Å²) in [4.78, 5) is 65.2. The fourth-order valence-electron chi connectivity index (χ4n) is 11.1. The number of aromatic amines is 1. The number of nitrogens with zero attached hydrogens (tertiary/aromatic N) is 5. The summed E-state index contributed by atoms with van der Waals surface area (Å²) in [6.45, 7) is 8.94. The van der Waals surface area contributed by atoms with Gasteiger partial charge in [-0.3, -0.25) is 29.2 Å². The highest BCUT2D eigenvalue weighted by Crippen LogP contribution is 2.36. The van der Waals surface area contributed by atoms with E-state index < -0.39 is 50.8 Å². The fourth-order valence-corrected chi connectivity index (χ4v) is 12.8. The lowest BCUT2D eigenvalue weighted by atomic mass is 9.87. The van der Waals surface area contributed by atoms with Crippen LogP contribution in [0.4, 0.5) is 20.2 Å². The topological polar surface area (TPSA) is 168 Å². The lowest BCUT2D eigenvalue weighted by Crippen LogP contribution is -2.52. The Kier molecular flexibility index (Phi) is 12.0. The van der Waals surface area contributed by atoms with Crippen LogP contribution < -0.4 is 14.9 Å². The summed E-state index contributed by atoms with van der Waals surface area (Å²) in [6.07, 6.45) is 9.23. The molecule has 0 aliphatic carbocycles. The second-order valence-electron chi connectivity index (χ2n) is 19.0. The number of amides is 3. The zero-order chi connectivity index (χ0) is 46.7. The molecule has 5 aliphatic heterocycles. The Morgan fingerprint density at radius 1 is 0.851 bits per heavy atom. The summed E-state index contributed by atoms with van der Waals surface area (Å²) in [7, 11) is -4.18. The minimum atomic E-state index is -4.18. The molecule has 1 unspecified atom stereocenters. The van der Waals surface area contributed by atoms with Gasteiger partial charge in [0, 0.05) is 84.8 Å². The third-order valence-corrected chi connectivity index (χ3v) is 16.5. The van der Waals surface area contributed by atoms with Gasteiger partial charge in [-0.05, 0) is 137 Å². The normalized spacial score (nSPS) is 22.4. The number of piperidine rings is 3. The smallest absolute Gasteiger partial charge is 0.302 e. The van der Waals surface area contributed by atoms with Gasteiger partial charge < -0.3 is 19.7 Å². The number of hydrogen-bond acceptors (Lipinski definition) is 9. The molecule has 3 aromatic carbocycles. The first-order valence-electron chi connectivity index (χ1n) is 23.4. The number of anilines is 2. The molecule has 5 aliphatic rings. The van der Waals surface area contributed by atoms with Crippen molar-refractivity contribution in [2.75, 3.05) is 42.3 Å². The first-order chi connectivity index (χ1) is 32.2. The zero-order valence-corrected chi connectivity index (χ0v) is 38.4. The van der Waals surface area contributed by atoms with E-state index in [2.05, 4.69) is 54.1 Å². The van der Waals surface area contributed by atoms with Crippen molar-refractivity contribution in [1.29, 1.82) is 0 Å². The highest BCUT2D eigenvalue weighted by Gasteiger charge is 2.40. The molecule has 2 aromatic heterocycles. The molecule has 0 radical (unpaired) electrons. The van der Waals surface area contributed by atoms with Crippen molar-refractivity contribution >= 4 is 56.1 Å². The van der Waals surface area contributed by atoms with Crippen molar-refractivity contribution in [3.63, 3.8) is 0 Å². The standard InChI is InChI=1S/C50H54F2N8O6S/c1-29-3-4-30(2)60(29)67(65,66)56-42-12-11-41(51)45(46(42)52)47(62)40-26-54-48-39(40)24-35(25-53-48)32-5-8-37(9-6-32)58-21-15-31(16-22-58)27-57-19-17-33(18-20-57)34-7-10-38-36(23-34)28-59(50(38)64)43-13-14-44(61)55-49(43)63/h5-12,23-26,29-31,33,43,56H,3-4,13-22,27-28H2,1-2H3,(H,53,54)(H,55,61,63)/t29-,30-,43?/m0/s1. The summed E-state index contributed by atoms with van der Waals surface area (Å²) in [5.41, 5.74) is 4.55. The van der Waals surface area contributed by atoms with Gasteiger partial charge in [-0.2, -0.15) is 12.7 Å². The van der Waals surface area contributed by atoms with Gasteiger partial charge in [-0.15, -0.1) is 0 Å². The van der Waals surface area contributed by atoms with E-state index in [0.29, 0.717) is 59.8 Å². The number of imide groups is 1. The molecule has 17 heteroatoms. The van der Waals surface area contributed by atoms with Crippen LogP contribution in [0.3, 0.4) is 0 Å². The molecule has 3 amide bonds. The highest BCUT2D eigenvalue weighted by molar-refractivity contribution is 7.90. The van der Waals surface area contributed by atoms with Gasteiger partial charge in [0.25, 0.3) is 5.91 Å². The predicted molar refractivity (Wildman–Crippen MR) is 250 cm³/mol. The summed E-state index contributed by atoms with van der Waals surface area (Å²) in [6, 6.07) is 16.8. The van der Waals surface area contributed by atoms with Crippen LogP contribution in [0.1, 0.15) is 109 Å². The molecule has 14 nitrogen and oxygen atoms in total. The Hall–Kier alpha value is -6.04. The van der Waals surface area contributed by atoms with E-state index in [1.165, 1.54) is 16.1 Å². The third-order valence-electron chi connectivity index (χ3n) is 14.8. The first kappa shape index (κ1) is 44.8. The van der Waals surface area contributed by atoms with E-state index in [1.54, 1.807) is 31.0 Å². The van der Waals surface area contributed by atoms with Crippen molar-refractivity contribution in [2.24, 2.45) is 5.92 Å². The number of aromatic nitrogens is 2.